The second-order valence-corrected chi connectivity index (χ2v) is 6.24. The van der Waals surface area contributed by atoms with E-state index in [2.05, 4.69) is 20.4 Å². The summed E-state index contributed by atoms with van der Waals surface area (Å²) in [6, 6.07) is 17.3. The third kappa shape index (κ3) is 3.76. The van der Waals surface area contributed by atoms with E-state index in [-0.39, 0.29) is 23.0 Å². The van der Waals surface area contributed by atoms with Crippen LogP contribution in [0.15, 0.2) is 72.9 Å². The van der Waals surface area contributed by atoms with Gasteiger partial charge in [0.25, 0.3) is 11.8 Å². The molecule has 0 saturated carbocycles. The van der Waals surface area contributed by atoms with Crippen LogP contribution in [0.5, 0.6) is 0 Å². The summed E-state index contributed by atoms with van der Waals surface area (Å²) in [5, 5.41) is 6.62. The number of rotatable bonds is 4. The molecule has 0 saturated heterocycles. The van der Waals surface area contributed by atoms with Gasteiger partial charge < -0.3 is 11.1 Å². The van der Waals surface area contributed by atoms with Crippen LogP contribution in [0.3, 0.4) is 0 Å². The number of aromatic nitrogens is 4. The highest BCUT2D eigenvalue weighted by atomic mass is 19.1. The minimum Gasteiger partial charge on any atom is -0.368 e. The molecule has 8 nitrogen and oxygen atoms in total. The summed E-state index contributed by atoms with van der Waals surface area (Å²) < 4.78 is 15.4. The van der Waals surface area contributed by atoms with E-state index >= 15 is 0 Å². The molecule has 0 unspecified atom stereocenters. The lowest BCUT2D eigenvalue weighted by Gasteiger charge is -2.08. The Bertz CT molecular complexity index is 1220. The fourth-order valence-electron chi connectivity index (χ4n) is 2.75. The summed E-state index contributed by atoms with van der Waals surface area (Å²) in [6.07, 6.45) is 1.55. The summed E-state index contributed by atoms with van der Waals surface area (Å²) in [4.78, 5) is 33.0. The number of nitrogens with two attached hydrogens (primary N) is 1. The second-order valence-electron chi connectivity index (χ2n) is 6.24. The quantitative estimate of drug-likeness (QED) is 0.542. The van der Waals surface area contributed by atoms with Crippen LogP contribution in [-0.2, 0) is 0 Å². The largest absolute Gasteiger partial charge is 0.368 e. The number of hydrogen-bond acceptors (Lipinski definition) is 6. The zero-order valence-corrected chi connectivity index (χ0v) is 15.5. The van der Waals surface area contributed by atoms with E-state index in [1.54, 1.807) is 54.7 Å². The first kappa shape index (κ1) is 18.9. The van der Waals surface area contributed by atoms with Gasteiger partial charge in [-0.15, -0.1) is 5.10 Å². The number of nitrogen functional groups attached to an aromatic ring is 1. The van der Waals surface area contributed by atoms with Crippen LogP contribution in [0.25, 0.3) is 11.5 Å². The lowest BCUT2D eigenvalue weighted by atomic mass is 10.1. The van der Waals surface area contributed by atoms with Gasteiger partial charge in [0, 0.05) is 17.4 Å². The number of carbonyl (C=O) groups is 2. The number of halogens is 1. The van der Waals surface area contributed by atoms with Crippen LogP contribution in [0.2, 0.25) is 0 Å². The first-order valence-electron chi connectivity index (χ1n) is 8.87. The topological polar surface area (TPSA) is 116 Å². The molecule has 3 N–H and O–H groups in total. The van der Waals surface area contributed by atoms with Crippen molar-refractivity contribution in [2.75, 3.05) is 11.1 Å². The van der Waals surface area contributed by atoms with Gasteiger partial charge in [0.05, 0.1) is 5.56 Å². The highest BCUT2D eigenvalue weighted by Crippen LogP contribution is 2.19. The number of carbonyl (C=O) groups excluding carboxylic acids is 2. The fraction of sp³-hybridized carbons (Fsp3) is 0. The molecule has 30 heavy (non-hydrogen) atoms. The van der Waals surface area contributed by atoms with Crippen molar-refractivity contribution in [2.24, 2.45) is 0 Å². The zero-order valence-electron chi connectivity index (χ0n) is 15.5. The average Bonchev–Trinajstić information content (AvgIpc) is 3.16. The minimum atomic E-state index is -0.833. The molecule has 2 aromatic carbocycles. The van der Waals surface area contributed by atoms with Crippen molar-refractivity contribution in [1.82, 2.24) is 19.7 Å². The molecule has 0 atom stereocenters. The van der Waals surface area contributed by atoms with E-state index in [1.165, 1.54) is 12.1 Å². The van der Waals surface area contributed by atoms with Gasteiger partial charge in [0.1, 0.15) is 11.5 Å². The van der Waals surface area contributed by atoms with Crippen LogP contribution in [0.4, 0.5) is 16.0 Å². The Morgan fingerprint density at radius 1 is 1.00 bits per heavy atom. The highest BCUT2D eigenvalue weighted by Gasteiger charge is 2.21. The van der Waals surface area contributed by atoms with Crippen LogP contribution in [0, 0.1) is 5.82 Å². The maximum absolute atomic E-state index is 14.6. The lowest BCUT2D eigenvalue weighted by Crippen LogP contribution is -2.18. The smallest absolute Gasteiger partial charge is 0.284 e. The van der Waals surface area contributed by atoms with Crippen LogP contribution < -0.4 is 11.1 Å². The molecule has 4 rings (SSSR count). The zero-order chi connectivity index (χ0) is 21.1. The third-order valence-corrected chi connectivity index (χ3v) is 4.21. The number of nitrogens with one attached hydrogen (secondary N) is 1. The van der Waals surface area contributed by atoms with Crippen LogP contribution >= 0.6 is 0 Å². The van der Waals surface area contributed by atoms with E-state index in [1.807, 2.05) is 0 Å². The molecule has 0 aliphatic heterocycles. The molecule has 4 aromatic rings. The van der Waals surface area contributed by atoms with Crippen molar-refractivity contribution < 1.29 is 14.0 Å². The van der Waals surface area contributed by atoms with E-state index in [9.17, 15) is 14.0 Å². The van der Waals surface area contributed by atoms with Gasteiger partial charge in [0.15, 0.2) is 0 Å². The standard InChI is InChI=1S/C21H15FN6O2/c22-16-12-14(25-19(29)13-6-2-1-3-7-13)9-10-15(16)20(30)28-21(23)26-18(27-28)17-8-4-5-11-24-17/h1-12H,(H,25,29)(H2,23,26,27). The monoisotopic (exact) mass is 402 g/mol. The number of nitrogens with zero attached hydrogens (tertiary/aromatic N) is 4. The molecule has 2 aromatic heterocycles. The van der Waals surface area contributed by atoms with Crippen molar-refractivity contribution in [3.63, 3.8) is 0 Å². The number of benzene rings is 2. The van der Waals surface area contributed by atoms with Gasteiger partial charge in [-0.3, -0.25) is 14.6 Å². The Morgan fingerprint density at radius 2 is 1.77 bits per heavy atom. The molecule has 0 fully saturated rings. The van der Waals surface area contributed by atoms with Gasteiger partial charge >= 0.3 is 0 Å². The predicted octanol–water partition coefficient (Wildman–Crippen LogP) is 3.00. The SMILES string of the molecule is Nc1nc(-c2ccccn2)nn1C(=O)c1ccc(NC(=O)c2ccccc2)cc1F. The Labute approximate surface area is 170 Å². The van der Waals surface area contributed by atoms with Crippen molar-refractivity contribution in [3.05, 3.63) is 89.9 Å². The summed E-state index contributed by atoms with van der Waals surface area (Å²) in [5.41, 5.74) is 6.58. The maximum atomic E-state index is 14.6. The molecule has 9 heteroatoms. The van der Waals surface area contributed by atoms with Crippen molar-refractivity contribution >= 4 is 23.5 Å². The molecule has 1 amide bonds. The van der Waals surface area contributed by atoms with Gasteiger partial charge in [-0.2, -0.15) is 9.67 Å². The molecule has 0 radical (unpaired) electrons. The molecule has 0 bridgehead atoms. The molecular formula is C21H15FN6O2. The predicted molar refractivity (Wildman–Crippen MR) is 108 cm³/mol. The van der Waals surface area contributed by atoms with Gasteiger partial charge in [0.2, 0.25) is 11.8 Å². The molecule has 0 aliphatic rings. The molecule has 148 valence electrons. The Balaban J connectivity index is 1.57. The number of hydrogen-bond donors (Lipinski definition) is 2. The summed E-state index contributed by atoms with van der Waals surface area (Å²) in [5.74, 6) is -2.06. The Morgan fingerprint density at radius 3 is 2.47 bits per heavy atom. The normalized spacial score (nSPS) is 10.6. The third-order valence-electron chi connectivity index (χ3n) is 4.21. The van der Waals surface area contributed by atoms with E-state index in [4.69, 9.17) is 5.73 Å². The van der Waals surface area contributed by atoms with E-state index in [0.717, 1.165) is 10.7 Å². The van der Waals surface area contributed by atoms with Crippen molar-refractivity contribution in [1.29, 1.82) is 0 Å². The van der Waals surface area contributed by atoms with Gasteiger partial charge in [-0.1, -0.05) is 24.3 Å². The fourth-order valence-corrected chi connectivity index (χ4v) is 2.75. The molecule has 0 aliphatic carbocycles. The first-order chi connectivity index (χ1) is 14.5. The van der Waals surface area contributed by atoms with Crippen LogP contribution in [0.1, 0.15) is 20.7 Å². The molecular weight excluding hydrogens is 387 g/mol. The lowest BCUT2D eigenvalue weighted by molar-refractivity contribution is 0.0943. The van der Waals surface area contributed by atoms with Gasteiger partial charge in [-0.05, 0) is 42.5 Å². The Hall–Kier alpha value is -4.40. The molecule has 0 spiro atoms. The number of amides is 1. The first-order valence-corrected chi connectivity index (χ1v) is 8.87. The number of pyridine rings is 1. The molecule has 2 heterocycles. The maximum Gasteiger partial charge on any atom is 0.284 e. The average molecular weight is 402 g/mol. The second kappa shape index (κ2) is 7.92. The van der Waals surface area contributed by atoms with E-state index < -0.39 is 17.6 Å². The Kier molecular flexibility index (Phi) is 5.00. The highest BCUT2D eigenvalue weighted by molar-refractivity contribution is 6.04. The summed E-state index contributed by atoms with van der Waals surface area (Å²) >= 11 is 0. The summed E-state index contributed by atoms with van der Waals surface area (Å²) in [6.45, 7) is 0. The van der Waals surface area contributed by atoms with E-state index in [0.29, 0.717) is 11.3 Å². The van der Waals surface area contributed by atoms with Crippen molar-refractivity contribution in [2.45, 2.75) is 0 Å². The van der Waals surface area contributed by atoms with Crippen molar-refractivity contribution in [3.8, 4) is 11.5 Å². The van der Waals surface area contributed by atoms with Gasteiger partial charge in [-0.25, -0.2) is 4.39 Å². The van der Waals surface area contributed by atoms with Crippen LogP contribution in [-0.4, -0.2) is 31.6 Å². The summed E-state index contributed by atoms with van der Waals surface area (Å²) in [7, 11) is 0. The number of anilines is 2. The minimum absolute atomic E-state index is 0.147.